The number of carboxylic acid groups (broad SMARTS) is 1. The molecule has 2 atom stereocenters. The van der Waals surface area contributed by atoms with E-state index in [-0.39, 0.29) is 29.6 Å². The number of carbonyl (C=O) groups is 1. The van der Waals surface area contributed by atoms with Gasteiger partial charge < -0.3 is 24.5 Å². The van der Waals surface area contributed by atoms with Crippen LogP contribution in [0.1, 0.15) is 66.2 Å². The number of anilines is 1. The number of H-pyrrole nitrogens is 1. The van der Waals surface area contributed by atoms with Crippen molar-refractivity contribution in [1.82, 2.24) is 14.8 Å². The number of para-hydroxylation sites is 1. The number of nitrogens with zero attached hydrogens (tertiary/aromatic N) is 3. The Hall–Kier alpha value is -3.99. The van der Waals surface area contributed by atoms with Crippen LogP contribution in [0.4, 0.5) is 18.9 Å². The monoisotopic (exact) mass is 580 g/mol. The third-order valence-corrected chi connectivity index (χ3v) is 8.90. The number of rotatable bonds is 8. The van der Waals surface area contributed by atoms with Crippen molar-refractivity contribution in [3.8, 4) is 16.9 Å². The van der Waals surface area contributed by atoms with E-state index in [2.05, 4.69) is 19.7 Å². The molecule has 8 nitrogen and oxygen atoms in total. The maximum atomic E-state index is 13.1. The number of aromatic amines is 1. The first-order valence-electron chi connectivity index (χ1n) is 14.3. The average molecular weight is 581 g/mol. The Labute approximate surface area is 240 Å². The molecule has 1 aliphatic carbocycles. The number of aromatic nitrogens is 3. The first-order valence-corrected chi connectivity index (χ1v) is 14.3. The van der Waals surface area contributed by atoms with Gasteiger partial charge in [-0.05, 0) is 68.7 Å². The van der Waals surface area contributed by atoms with Crippen molar-refractivity contribution in [1.29, 1.82) is 0 Å². The maximum Gasteiger partial charge on any atom is 0.573 e. The molecule has 2 aromatic carbocycles. The van der Waals surface area contributed by atoms with Gasteiger partial charge in [0.05, 0.1) is 18.2 Å². The molecule has 2 unspecified atom stereocenters. The molecule has 4 heterocycles. The van der Waals surface area contributed by atoms with Crippen molar-refractivity contribution in [2.45, 2.75) is 75.6 Å². The number of hydrogen-bond donors (Lipinski definition) is 2. The molecular weight excluding hydrogens is 549 g/mol. The highest BCUT2D eigenvalue weighted by molar-refractivity contribution is 6.02. The minimum atomic E-state index is -4.79. The number of halogens is 3. The van der Waals surface area contributed by atoms with Crippen molar-refractivity contribution < 1.29 is 32.5 Å². The summed E-state index contributed by atoms with van der Waals surface area (Å²) in [5.74, 6) is -0.908. The number of benzene rings is 2. The molecule has 2 aliphatic heterocycles. The first kappa shape index (κ1) is 26.9. The van der Waals surface area contributed by atoms with Gasteiger partial charge in [-0.1, -0.05) is 18.2 Å². The highest BCUT2D eigenvalue weighted by Gasteiger charge is 2.42. The van der Waals surface area contributed by atoms with Crippen LogP contribution in [0.5, 0.6) is 5.75 Å². The number of fused-ring (bicyclic) bond motifs is 3. The third-order valence-electron chi connectivity index (χ3n) is 8.90. The summed E-state index contributed by atoms with van der Waals surface area (Å²) in [6, 6.07) is 12.7. The number of aryl methyl sites for hydroxylation is 1. The minimum absolute atomic E-state index is 0.00641. The fourth-order valence-electron chi connectivity index (χ4n) is 6.96. The quantitative estimate of drug-likeness (QED) is 0.239. The zero-order chi connectivity index (χ0) is 29.2. The first-order chi connectivity index (χ1) is 20.2. The number of carboxylic acids is 1. The molecule has 220 valence electrons. The van der Waals surface area contributed by atoms with E-state index in [9.17, 15) is 23.1 Å². The van der Waals surface area contributed by atoms with Crippen LogP contribution in [0, 0.1) is 0 Å². The van der Waals surface area contributed by atoms with Crippen molar-refractivity contribution in [2.75, 3.05) is 4.90 Å². The number of hydrogen-bond acceptors (Lipinski definition) is 5. The smallest absolute Gasteiger partial charge is 0.476 e. The summed E-state index contributed by atoms with van der Waals surface area (Å²) >= 11 is 0. The molecule has 3 fully saturated rings. The lowest BCUT2D eigenvalue weighted by molar-refractivity contribution is -0.274. The molecule has 2 bridgehead atoms. The van der Waals surface area contributed by atoms with Crippen LogP contribution >= 0.6 is 0 Å². The van der Waals surface area contributed by atoms with Gasteiger partial charge in [-0.2, -0.15) is 5.10 Å². The molecule has 7 rings (SSSR count). The summed E-state index contributed by atoms with van der Waals surface area (Å²) in [5.41, 5.74) is 4.82. The molecule has 0 radical (unpaired) electrons. The largest absolute Gasteiger partial charge is 0.573 e. The Morgan fingerprint density at radius 2 is 1.81 bits per heavy atom. The predicted molar refractivity (Wildman–Crippen MR) is 150 cm³/mol. The molecule has 0 amide bonds. The van der Waals surface area contributed by atoms with E-state index in [1.165, 1.54) is 12.1 Å². The van der Waals surface area contributed by atoms with E-state index < -0.39 is 12.3 Å². The van der Waals surface area contributed by atoms with E-state index in [0.717, 1.165) is 61.0 Å². The lowest BCUT2D eigenvalue weighted by Gasteiger charge is -2.40. The number of alkyl halides is 3. The van der Waals surface area contributed by atoms with Crippen LogP contribution in [-0.4, -0.2) is 50.4 Å². The van der Waals surface area contributed by atoms with Crippen molar-refractivity contribution in [2.24, 2.45) is 7.05 Å². The second-order valence-corrected chi connectivity index (χ2v) is 11.6. The van der Waals surface area contributed by atoms with Gasteiger partial charge in [-0.15, -0.1) is 13.2 Å². The maximum absolute atomic E-state index is 13.1. The SMILES string of the molecule is Cn1nc(C(=O)O)c2cc(N3C4CCC3CC(OCc3c(-c5ccccc5OC(F)(F)F)c[nH]c3C3CC3)C4)ccc21. The highest BCUT2D eigenvalue weighted by atomic mass is 19.4. The summed E-state index contributed by atoms with van der Waals surface area (Å²) in [5, 5.41) is 14.4. The van der Waals surface area contributed by atoms with E-state index in [1.54, 1.807) is 30.1 Å². The summed E-state index contributed by atoms with van der Waals surface area (Å²) in [4.78, 5) is 17.5. The Bertz CT molecular complexity index is 1640. The molecule has 2 aromatic heterocycles. The zero-order valence-electron chi connectivity index (χ0n) is 23.0. The molecular formula is C31H31F3N4O4. The molecule has 2 saturated heterocycles. The predicted octanol–water partition coefficient (Wildman–Crippen LogP) is 6.76. The highest BCUT2D eigenvalue weighted by Crippen LogP contribution is 2.46. The van der Waals surface area contributed by atoms with Crippen LogP contribution in [-0.2, 0) is 18.4 Å². The fraction of sp³-hybridized carbons (Fsp3) is 0.419. The van der Waals surface area contributed by atoms with Crippen LogP contribution < -0.4 is 9.64 Å². The van der Waals surface area contributed by atoms with Crippen molar-refractivity contribution in [3.63, 3.8) is 0 Å². The van der Waals surface area contributed by atoms with Crippen molar-refractivity contribution in [3.05, 3.63) is 65.6 Å². The van der Waals surface area contributed by atoms with Crippen LogP contribution in [0.15, 0.2) is 48.7 Å². The topological polar surface area (TPSA) is 92.6 Å². The standard InChI is InChI=1S/C31H31F3N4O4/c1-37-26-11-10-20(14-23(26)29(36-37)30(39)40)38-18-8-9-19(38)13-21(12-18)41-16-25-24(15-35-28(25)17-6-7-17)22-4-2-3-5-27(22)42-31(32,33)34/h2-5,10-11,14-15,17-19,21,35H,6-9,12-13,16H2,1H3,(H,39,40). The van der Waals surface area contributed by atoms with E-state index in [4.69, 9.17) is 4.74 Å². The number of ether oxygens (including phenoxy) is 2. The van der Waals surface area contributed by atoms with Gasteiger partial charge in [0, 0.05) is 58.8 Å². The second-order valence-electron chi connectivity index (χ2n) is 11.6. The average Bonchev–Trinajstić information content (AvgIpc) is 3.54. The Morgan fingerprint density at radius 3 is 2.50 bits per heavy atom. The summed E-state index contributed by atoms with van der Waals surface area (Å²) in [6.07, 6.45) is 2.76. The molecule has 42 heavy (non-hydrogen) atoms. The van der Waals surface area contributed by atoms with Crippen molar-refractivity contribution >= 4 is 22.6 Å². The normalized spacial score (nSPS) is 22.2. The summed E-state index contributed by atoms with van der Waals surface area (Å²) < 4.78 is 51.9. The van der Waals surface area contributed by atoms with Gasteiger partial charge in [-0.3, -0.25) is 4.68 Å². The summed E-state index contributed by atoms with van der Waals surface area (Å²) in [7, 11) is 1.74. The van der Waals surface area contributed by atoms with E-state index in [1.807, 2.05) is 18.2 Å². The molecule has 3 aliphatic rings. The number of piperidine rings is 1. The lowest BCUT2D eigenvalue weighted by atomic mass is 9.97. The third kappa shape index (κ3) is 4.89. The minimum Gasteiger partial charge on any atom is -0.476 e. The number of aromatic carboxylic acids is 1. The number of nitrogens with one attached hydrogen (secondary N) is 1. The molecule has 0 spiro atoms. The van der Waals surface area contributed by atoms with Crippen LogP contribution in [0.2, 0.25) is 0 Å². The lowest BCUT2D eigenvalue weighted by Crippen LogP contribution is -2.45. The van der Waals surface area contributed by atoms with Crippen LogP contribution in [0.25, 0.3) is 22.0 Å². The Kier molecular flexibility index (Phi) is 6.45. The zero-order valence-corrected chi connectivity index (χ0v) is 23.0. The van der Waals surface area contributed by atoms with Gasteiger partial charge >= 0.3 is 12.3 Å². The molecule has 4 aromatic rings. The fourth-order valence-corrected chi connectivity index (χ4v) is 6.96. The van der Waals surface area contributed by atoms with Gasteiger partial charge in [-0.25, -0.2) is 4.79 Å². The second kappa shape index (κ2) is 10.1. The van der Waals surface area contributed by atoms with E-state index in [0.29, 0.717) is 29.0 Å². The van der Waals surface area contributed by atoms with Gasteiger partial charge in [0.1, 0.15) is 5.75 Å². The molecule has 11 heteroatoms. The Morgan fingerprint density at radius 1 is 1.07 bits per heavy atom. The van der Waals surface area contributed by atoms with E-state index >= 15 is 0 Å². The summed E-state index contributed by atoms with van der Waals surface area (Å²) in [6.45, 7) is 0.304. The van der Waals surface area contributed by atoms with Gasteiger partial charge in [0.15, 0.2) is 5.69 Å². The molecule has 1 saturated carbocycles. The van der Waals surface area contributed by atoms with Crippen LogP contribution in [0.3, 0.4) is 0 Å². The van der Waals surface area contributed by atoms with Gasteiger partial charge in [0.2, 0.25) is 0 Å². The Balaban J connectivity index is 1.11. The van der Waals surface area contributed by atoms with Gasteiger partial charge in [0.25, 0.3) is 0 Å². The molecule has 2 N–H and O–H groups in total.